The van der Waals surface area contributed by atoms with Crippen LogP contribution in [0.2, 0.25) is 0 Å². The number of benzene rings is 1. The normalized spacial score (nSPS) is 22.5. The highest BCUT2D eigenvalue weighted by Gasteiger charge is 2.44. The van der Waals surface area contributed by atoms with Crippen LogP contribution in [0.4, 0.5) is 8.78 Å². The summed E-state index contributed by atoms with van der Waals surface area (Å²) in [6, 6.07) is 3.59. The van der Waals surface area contributed by atoms with Gasteiger partial charge in [0.1, 0.15) is 35.7 Å². The number of hydrogen-bond donors (Lipinski definition) is 0. The minimum absolute atomic E-state index is 0.0459. The molecule has 146 valence electrons. The van der Waals surface area contributed by atoms with Crippen LogP contribution < -0.4 is 0 Å². The van der Waals surface area contributed by atoms with Crippen LogP contribution in [-0.2, 0) is 21.7 Å². The second-order valence-electron chi connectivity index (χ2n) is 7.61. The molecule has 0 N–H and O–H groups in total. The number of nitrogens with zero attached hydrogens (tertiary/aromatic N) is 3. The van der Waals surface area contributed by atoms with Crippen molar-refractivity contribution < 1.29 is 18.3 Å². The van der Waals surface area contributed by atoms with E-state index in [9.17, 15) is 13.6 Å². The van der Waals surface area contributed by atoms with E-state index in [-0.39, 0.29) is 17.6 Å². The van der Waals surface area contributed by atoms with Crippen molar-refractivity contribution in [2.75, 3.05) is 6.61 Å². The second-order valence-corrected chi connectivity index (χ2v) is 7.61. The summed E-state index contributed by atoms with van der Waals surface area (Å²) in [6.07, 6.45) is 5.73. The molecule has 2 aromatic rings. The molecule has 2 atom stereocenters. The Morgan fingerprint density at radius 3 is 2.89 bits per heavy atom. The first-order valence-electron chi connectivity index (χ1n) is 9.34. The Morgan fingerprint density at radius 1 is 1.41 bits per heavy atom. The van der Waals surface area contributed by atoms with Gasteiger partial charge in [-0.3, -0.25) is 4.79 Å². The molecular formula is C20H25F2N3O2. The first kappa shape index (κ1) is 19.6. The molecule has 1 aromatic carbocycles. The van der Waals surface area contributed by atoms with Crippen LogP contribution >= 0.6 is 0 Å². The highest BCUT2D eigenvalue weighted by Crippen LogP contribution is 2.43. The molecule has 1 saturated heterocycles. The summed E-state index contributed by atoms with van der Waals surface area (Å²) in [5, 5.41) is 4.11. The number of hydrogen-bond acceptors (Lipinski definition) is 4. The van der Waals surface area contributed by atoms with Crippen molar-refractivity contribution >= 4 is 5.78 Å². The van der Waals surface area contributed by atoms with Crippen LogP contribution in [0.3, 0.4) is 0 Å². The van der Waals surface area contributed by atoms with Gasteiger partial charge in [0.05, 0.1) is 13.2 Å². The molecule has 1 aliphatic heterocycles. The van der Waals surface area contributed by atoms with Gasteiger partial charge in [-0.1, -0.05) is 19.9 Å². The molecule has 1 aromatic heterocycles. The van der Waals surface area contributed by atoms with Gasteiger partial charge in [-0.05, 0) is 31.2 Å². The van der Waals surface area contributed by atoms with Crippen LogP contribution in [0.25, 0.3) is 0 Å². The Kier molecular flexibility index (Phi) is 5.99. The third-order valence-electron chi connectivity index (χ3n) is 5.20. The fourth-order valence-electron chi connectivity index (χ4n) is 3.72. The Balaban J connectivity index is 1.75. The van der Waals surface area contributed by atoms with Crippen molar-refractivity contribution in [3.8, 4) is 0 Å². The molecule has 5 nitrogen and oxygen atoms in total. The Labute approximate surface area is 157 Å². The molecule has 0 spiro atoms. The van der Waals surface area contributed by atoms with Crippen LogP contribution in [0.1, 0.15) is 45.1 Å². The molecule has 1 fully saturated rings. The van der Waals surface area contributed by atoms with E-state index >= 15 is 0 Å². The maximum atomic E-state index is 14.5. The molecule has 27 heavy (non-hydrogen) atoms. The Morgan fingerprint density at radius 2 is 2.22 bits per heavy atom. The largest absolute Gasteiger partial charge is 0.368 e. The van der Waals surface area contributed by atoms with Gasteiger partial charge in [-0.25, -0.2) is 18.4 Å². The fraction of sp³-hybridized carbons (Fsp3) is 0.550. The fourth-order valence-corrected chi connectivity index (χ4v) is 3.72. The van der Waals surface area contributed by atoms with Gasteiger partial charge in [0.15, 0.2) is 0 Å². The maximum Gasteiger partial charge on any atom is 0.137 e. The number of ketones is 1. The summed E-state index contributed by atoms with van der Waals surface area (Å²) in [5.74, 6) is -0.727. The van der Waals surface area contributed by atoms with Gasteiger partial charge >= 0.3 is 0 Å². The summed E-state index contributed by atoms with van der Waals surface area (Å²) >= 11 is 0. The quantitative estimate of drug-likeness (QED) is 0.700. The zero-order chi connectivity index (χ0) is 19.4. The molecule has 0 unspecified atom stereocenters. The average Bonchev–Trinajstić information content (AvgIpc) is 3.25. The van der Waals surface area contributed by atoms with Gasteiger partial charge in [0.2, 0.25) is 0 Å². The van der Waals surface area contributed by atoms with Crippen molar-refractivity contribution in [3.05, 3.63) is 48.1 Å². The molecule has 7 heteroatoms. The van der Waals surface area contributed by atoms with Crippen molar-refractivity contribution in [2.45, 2.75) is 51.7 Å². The number of ether oxygens (including phenoxy) is 1. The molecule has 2 heterocycles. The molecule has 1 aliphatic rings. The summed E-state index contributed by atoms with van der Waals surface area (Å²) in [6.45, 7) is 4.58. The van der Waals surface area contributed by atoms with E-state index in [1.807, 2.05) is 13.8 Å². The second kappa shape index (κ2) is 8.25. The minimum Gasteiger partial charge on any atom is -0.368 e. The number of aromatic nitrogens is 3. The zero-order valence-corrected chi connectivity index (χ0v) is 15.7. The highest BCUT2D eigenvalue weighted by molar-refractivity contribution is 5.80. The standard InChI is InChI=1S/C20H25F2N3O2/c1-14(2)19(26)5-3-4-15-9-20(27-10-15,11-25-13-23-12-24-25)17-7-6-16(21)8-18(17)22/h6-8,12-15H,3-5,9-11H2,1-2H3/t15-,20+/m1/s1. The van der Waals surface area contributed by atoms with Crippen LogP contribution in [0, 0.1) is 23.5 Å². The van der Waals surface area contributed by atoms with Gasteiger partial charge < -0.3 is 4.74 Å². The van der Waals surface area contributed by atoms with Gasteiger partial charge in [-0.2, -0.15) is 5.10 Å². The minimum atomic E-state index is -0.918. The van der Waals surface area contributed by atoms with E-state index in [0.29, 0.717) is 31.6 Å². The van der Waals surface area contributed by atoms with Crippen molar-refractivity contribution in [3.63, 3.8) is 0 Å². The first-order valence-corrected chi connectivity index (χ1v) is 9.34. The van der Waals surface area contributed by atoms with E-state index in [1.54, 1.807) is 11.0 Å². The molecule has 0 bridgehead atoms. The first-order chi connectivity index (χ1) is 12.9. The van der Waals surface area contributed by atoms with Crippen molar-refractivity contribution in [1.82, 2.24) is 14.8 Å². The lowest BCUT2D eigenvalue weighted by Gasteiger charge is -2.29. The topological polar surface area (TPSA) is 57.0 Å². The molecule has 0 amide bonds. The van der Waals surface area contributed by atoms with Crippen molar-refractivity contribution in [2.24, 2.45) is 11.8 Å². The predicted octanol–water partition coefficient (Wildman–Crippen LogP) is 3.88. The third-order valence-corrected chi connectivity index (χ3v) is 5.20. The van der Waals surface area contributed by atoms with E-state index in [1.165, 1.54) is 18.5 Å². The van der Waals surface area contributed by atoms with Crippen LogP contribution in [-0.4, -0.2) is 27.2 Å². The van der Waals surface area contributed by atoms with Crippen LogP contribution in [0.15, 0.2) is 30.9 Å². The number of rotatable bonds is 8. The summed E-state index contributed by atoms with van der Waals surface area (Å²) < 4.78 is 35.6. The number of carbonyl (C=O) groups excluding carboxylic acids is 1. The lowest BCUT2D eigenvalue weighted by molar-refractivity contribution is -0.122. The summed E-state index contributed by atoms with van der Waals surface area (Å²) in [4.78, 5) is 15.8. The van der Waals surface area contributed by atoms with Gasteiger partial charge in [0.25, 0.3) is 0 Å². The van der Waals surface area contributed by atoms with Crippen molar-refractivity contribution in [1.29, 1.82) is 0 Å². The molecule has 0 radical (unpaired) electrons. The summed E-state index contributed by atoms with van der Waals surface area (Å²) in [7, 11) is 0. The van der Waals surface area contributed by atoms with Gasteiger partial charge in [-0.15, -0.1) is 0 Å². The number of halogens is 2. The summed E-state index contributed by atoms with van der Waals surface area (Å²) in [5.41, 5.74) is -0.585. The molecule has 3 rings (SSSR count). The van der Waals surface area contributed by atoms with E-state index in [2.05, 4.69) is 10.1 Å². The molecular weight excluding hydrogens is 352 g/mol. The molecule has 0 aliphatic carbocycles. The lowest BCUT2D eigenvalue weighted by atomic mass is 9.84. The monoisotopic (exact) mass is 377 g/mol. The highest BCUT2D eigenvalue weighted by atomic mass is 19.1. The van der Waals surface area contributed by atoms with Crippen LogP contribution in [0.5, 0.6) is 0 Å². The number of carbonyl (C=O) groups is 1. The average molecular weight is 377 g/mol. The van der Waals surface area contributed by atoms with E-state index < -0.39 is 17.2 Å². The smallest absolute Gasteiger partial charge is 0.137 e. The maximum absolute atomic E-state index is 14.5. The zero-order valence-electron chi connectivity index (χ0n) is 15.7. The molecule has 0 saturated carbocycles. The predicted molar refractivity (Wildman–Crippen MR) is 95.8 cm³/mol. The third kappa shape index (κ3) is 4.58. The van der Waals surface area contributed by atoms with E-state index in [4.69, 9.17) is 4.74 Å². The van der Waals surface area contributed by atoms with Gasteiger partial charge in [0, 0.05) is 24.0 Å². The number of Topliss-reactive ketones (excluding diaryl/α,β-unsaturated/α-hetero) is 1. The Hall–Kier alpha value is -2.15. The lowest BCUT2D eigenvalue weighted by Crippen LogP contribution is -2.32. The Bertz CT molecular complexity index is 780. The van der Waals surface area contributed by atoms with E-state index in [0.717, 1.165) is 18.9 Å². The SMILES string of the molecule is CC(C)C(=O)CCC[C@H]1CO[C@@](Cn2cncn2)(c2ccc(F)cc2F)C1.